The Balaban J connectivity index is 1.39. The molecule has 0 saturated carbocycles. The third-order valence-electron chi connectivity index (χ3n) is 10.1. The Labute approximate surface area is 292 Å². The summed E-state index contributed by atoms with van der Waals surface area (Å²) in [5.41, 5.74) is 9.95. The van der Waals surface area contributed by atoms with Crippen LogP contribution in [0.5, 0.6) is 0 Å². The normalized spacial score (nSPS) is 11.9. The number of aromatic nitrogens is 4. The maximum Gasteiger partial charge on any atom is 0.162 e. The fourth-order valence-electron chi connectivity index (χ4n) is 7.99. The van der Waals surface area contributed by atoms with Crippen LogP contribution in [-0.2, 0) is 0 Å². The number of hydrogen-bond acceptors (Lipinski definition) is 3. The highest BCUT2D eigenvalue weighted by atomic mass is 16.3. The summed E-state index contributed by atoms with van der Waals surface area (Å²) in [6, 6.07) is 59.1. The second-order valence-corrected chi connectivity index (χ2v) is 13.0. The van der Waals surface area contributed by atoms with Gasteiger partial charge in [0.15, 0.2) is 11.4 Å². The van der Waals surface area contributed by atoms with Crippen molar-refractivity contribution < 1.29 is 4.42 Å². The van der Waals surface area contributed by atoms with Crippen LogP contribution in [0.25, 0.3) is 99.7 Å². The zero-order valence-corrected chi connectivity index (χ0v) is 27.4. The lowest BCUT2D eigenvalue weighted by Crippen LogP contribution is -2.02. The lowest BCUT2D eigenvalue weighted by atomic mass is 10.0. The van der Waals surface area contributed by atoms with E-state index in [1.165, 1.54) is 10.8 Å². The summed E-state index contributed by atoms with van der Waals surface area (Å²) in [7, 11) is 0. The summed E-state index contributed by atoms with van der Waals surface area (Å²) in [5.74, 6) is 1.45. The number of rotatable bonds is 4. The van der Waals surface area contributed by atoms with Gasteiger partial charge in [0.1, 0.15) is 11.4 Å². The summed E-state index contributed by atoms with van der Waals surface area (Å²) < 4.78 is 11.7. The largest absolute Gasteiger partial charge is 0.454 e. The quantitative estimate of drug-likeness (QED) is 0.190. The van der Waals surface area contributed by atoms with Gasteiger partial charge in [-0.15, -0.1) is 0 Å². The monoisotopic (exact) mass is 652 g/mol. The van der Waals surface area contributed by atoms with Crippen molar-refractivity contribution in [3.63, 3.8) is 0 Å². The molecule has 0 aliphatic carbocycles. The predicted octanol–water partition coefficient (Wildman–Crippen LogP) is 11.9. The van der Waals surface area contributed by atoms with Crippen LogP contribution < -0.4 is 0 Å². The van der Waals surface area contributed by atoms with Crippen molar-refractivity contribution in [3.05, 3.63) is 170 Å². The molecule has 238 valence electrons. The second-order valence-electron chi connectivity index (χ2n) is 13.0. The molecule has 0 N–H and O–H groups in total. The first kappa shape index (κ1) is 27.9. The van der Waals surface area contributed by atoms with E-state index in [-0.39, 0.29) is 0 Å². The molecule has 0 unspecified atom stereocenters. The Bertz CT molecular complexity index is 3060. The number of fused-ring (bicyclic) bond motifs is 12. The number of nitrogens with zero attached hydrogens (tertiary/aromatic N) is 4. The molecule has 7 aromatic carbocycles. The van der Waals surface area contributed by atoms with Gasteiger partial charge in [-0.25, -0.2) is 9.97 Å². The Morgan fingerprint density at radius 3 is 1.69 bits per heavy atom. The summed E-state index contributed by atoms with van der Waals surface area (Å²) in [6.07, 6.45) is 0. The minimum Gasteiger partial charge on any atom is -0.454 e. The standard InChI is InChI=1S/C46H28N4O/c1-4-16-29(17-5-1)35-28-39(48-46(47-35)30-18-6-2-7-19-30)50-37-26-14-11-23-33(37)41-40-32-22-10-13-25-36(32)49(31-20-8-3-9-21-31)43(40)42-34-24-12-15-27-38(34)51-45(42)44(41)50/h1-28H. The summed E-state index contributed by atoms with van der Waals surface area (Å²) in [5, 5.41) is 6.82. The van der Waals surface area contributed by atoms with Crippen molar-refractivity contribution in [1.82, 2.24) is 19.1 Å². The van der Waals surface area contributed by atoms with E-state index in [1.807, 2.05) is 30.3 Å². The Morgan fingerprint density at radius 2 is 0.980 bits per heavy atom. The van der Waals surface area contributed by atoms with E-state index in [1.54, 1.807) is 0 Å². The van der Waals surface area contributed by atoms with Gasteiger partial charge in [-0.2, -0.15) is 0 Å². The van der Waals surface area contributed by atoms with E-state index in [4.69, 9.17) is 14.4 Å². The first-order chi connectivity index (χ1) is 25.3. The highest BCUT2D eigenvalue weighted by molar-refractivity contribution is 6.39. The van der Waals surface area contributed by atoms with Crippen molar-refractivity contribution in [2.24, 2.45) is 0 Å². The van der Waals surface area contributed by atoms with Gasteiger partial charge in [0, 0.05) is 49.8 Å². The van der Waals surface area contributed by atoms with E-state index in [9.17, 15) is 0 Å². The molecule has 0 radical (unpaired) electrons. The van der Waals surface area contributed by atoms with E-state index >= 15 is 0 Å². The molecule has 5 nitrogen and oxygen atoms in total. The summed E-state index contributed by atoms with van der Waals surface area (Å²) in [6.45, 7) is 0. The maximum absolute atomic E-state index is 7.00. The average Bonchev–Trinajstić information content (AvgIpc) is 3.87. The Morgan fingerprint density at radius 1 is 0.431 bits per heavy atom. The third kappa shape index (κ3) is 4.03. The van der Waals surface area contributed by atoms with Crippen LogP contribution in [0, 0.1) is 0 Å². The topological polar surface area (TPSA) is 48.8 Å². The molecule has 5 heteroatoms. The fraction of sp³-hybridized carbons (Fsp3) is 0. The fourth-order valence-corrected chi connectivity index (χ4v) is 7.99. The lowest BCUT2D eigenvalue weighted by molar-refractivity contribution is 0.671. The molecule has 0 atom stereocenters. The van der Waals surface area contributed by atoms with E-state index in [0.29, 0.717) is 5.82 Å². The molecule has 0 fully saturated rings. The van der Waals surface area contributed by atoms with Crippen molar-refractivity contribution in [1.29, 1.82) is 0 Å². The van der Waals surface area contributed by atoms with Crippen LogP contribution >= 0.6 is 0 Å². The Hall–Kier alpha value is -6.98. The third-order valence-corrected chi connectivity index (χ3v) is 10.1. The molecule has 4 aromatic heterocycles. The first-order valence-corrected chi connectivity index (χ1v) is 17.2. The number of hydrogen-bond donors (Lipinski definition) is 0. The molecule has 0 aliphatic rings. The molecule has 11 aromatic rings. The van der Waals surface area contributed by atoms with Gasteiger partial charge in [0.2, 0.25) is 0 Å². The molecule has 4 heterocycles. The molecule has 0 bridgehead atoms. The molecule has 0 spiro atoms. The van der Waals surface area contributed by atoms with Gasteiger partial charge >= 0.3 is 0 Å². The van der Waals surface area contributed by atoms with E-state index < -0.39 is 0 Å². The zero-order valence-electron chi connectivity index (χ0n) is 27.4. The zero-order chi connectivity index (χ0) is 33.5. The van der Waals surface area contributed by atoms with Crippen LogP contribution in [0.3, 0.4) is 0 Å². The van der Waals surface area contributed by atoms with Crippen LogP contribution in [0.4, 0.5) is 0 Å². The van der Waals surface area contributed by atoms with Crippen molar-refractivity contribution in [3.8, 4) is 34.2 Å². The number of benzene rings is 7. The molecule has 51 heavy (non-hydrogen) atoms. The second kappa shape index (κ2) is 10.8. The van der Waals surface area contributed by atoms with Crippen LogP contribution in [0.2, 0.25) is 0 Å². The molecular weight excluding hydrogens is 625 g/mol. The lowest BCUT2D eigenvalue weighted by Gasteiger charge is -2.13. The number of furan rings is 1. The van der Waals surface area contributed by atoms with Gasteiger partial charge in [-0.05, 0) is 30.3 Å². The highest BCUT2D eigenvalue weighted by Crippen LogP contribution is 2.49. The van der Waals surface area contributed by atoms with Gasteiger partial charge in [-0.1, -0.05) is 133 Å². The van der Waals surface area contributed by atoms with Crippen LogP contribution in [0.1, 0.15) is 0 Å². The van der Waals surface area contributed by atoms with Gasteiger partial charge < -0.3 is 8.98 Å². The summed E-state index contributed by atoms with van der Waals surface area (Å²) >= 11 is 0. The molecule has 11 rings (SSSR count). The van der Waals surface area contributed by atoms with Gasteiger partial charge in [0.05, 0.1) is 33.1 Å². The van der Waals surface area contributed by atoms with E-state index in [0.717, 1.165) is 83.1 Å². The molecular formula is C46H28N4O. The van der Waals surface area contributed by atoms with Gasteiger partial charge in [-0.3, -0.25) is 4.57 Å². The predicted molar refractivity (Wildman–Crippen MR) is 209 cm³/mol. The maximum atomic E-state index is 7.00. The minimum atomic E-state index is 0.667. The van der Waals surface area contributed by atoms with Crippen molar-refractivity contribution >= 4 is 65.6 Å². The summed E-state index contributed by atoms with van der Waals surface area (Å²) in [4.78, 5) is 10.5. The number of para-hydroxylation sites is 4. The highest BCUT2D eigenvalue weighted by Gasteiger charge is 2.28. The van der Waals surface area contributed by atoms with Crippen LogP contribution in [-0.4, -0.2) is 19.1 Å². The van der Waals surface area contributed by atoms with Crippen molar-refractivity contribution in [2.45, 2.75) is 0 Å². The molecule has 0 aliphatic heterocycles. The van der Waals surface area contributed by atoms with Crippen molar-refractivity contribution in [2.75, 3.05) is 0 Å². The minimum absolute atomic E-state index is 0.667. The SMILES string of the molecule is c1ccc(-c2cc(-n3c4ccccc4c4c5c6ccccc6n(-c6ccccc6)c5c5c6ccccc6oc5c43)nc(-c3ccccc3)n2)cc1. The molecule has 0 saturated heterocycles. The Kier molecular flexibility index (Phi) is 5.89. The van der Waals surface area contributed by atoms with Gasteiger partial charge in [0.25, 0.3) is 0 Å². The average molecular weight is 653 g/mol. The van der Waals surface area contributed by atoms with Crippen LogP contribution in [0.15, 0.2) is 174 Å². The molecule has 0 amide bonds. The van der Waals surface area contributed by atoms with E-state index in [2.05, 4.69) is 149 Å². The first-order valence-electron chi connectivity index (χ1n) is 17.2. The smallest absolute Gasteiger partial charge is 0.162 e.